The molecule has 0 aliphatic rings. The lowest BCUT2D eigenvalue weighted by Gasteiger charge is -1.97. The van der Waals surface area contributed by atoms with Crippen LogP contribution in [0.25, 0.3) is 20.2 Å². The Morgan fingerprint density at radius 2 is 1.69 bits per heavy atom. The van der Waals surface area contributed by atoms with E-state index >= 15 is 0 Å². The van der Waals surface area contributed by atoms with Crippen molar-refractivity contribution in [2.24, 2.45) is 0 Å². The van der Waals surface area contributed by atoms with Crippen LogP contribution in [0.2, 0.25) is 5.02 Å². The van der Waals surface area contributed by atoms with Crippen LogP contribution in [0.5, 0.6) is 0 Å². The summed E-state index contributed by atoms with van der Waals surface area (Å²) < 4.78 is 2.59. The van der Waals surface area contributed by atoms with Crippen LogP contribution in [0, 0.1) is 0 Å². The van der Waals surface area contributed by atoms with Gasteiger partial charge in [0.05, 0.1) is 9.72 Å². The molecule has 0 nitrogen and oxygen atoms in total. The molecule has 16 heavy (non-hydrogen) atoms. The monoisotopic (exact) mass is 246 g/mol. The Hall–Kier alpha value is -1.05. The van der Waals surface area contributed by atoms with Gasteiger partial charge >= 0.3 is 0 Å². The number of benzene rings is 2. The zero-order valence-electron chi connectivity index (χ0n) is 8.96. The molecule has 0 N–H and O–H groups in total. The van der Waals surface area contributed by atoms with Gasteiger partial charge in [0.15, 0.2) is 0 Å². The van der Waals surface area contributed by atoms with Gasteiger partial charge in [-0.2, -0.15) is 0 Å². The van der Waals surface area contributed by atoms with Crippen molar-refractivity contribution in [1.82, 2.24) is 0 Å². The number of rotatable bonds is 1. The van der Waals surface area contributed by atoms with E-state index in [0.717, 1.165) is 11.4 Å². The molecule has 0 saturated heterocycles. The van der Waals surface area contributed by atoms with E-state index in [-0.39, 0.29) is 0 Å². The molecule has 2 heteroatoms. The molecule has 0 radical (unpaired) electrons. The molecule has 80 valence electrons. The van der Waals surface area contributed by atoms with Gasteiger partial charge in [-0.1, -0.05) is 48.9 Å². The molecule has 1 aromatic heterocycles. The van der Waals surface area contributed by atoms with Crippen molar-refractivity contribution in [3.8, 4) is 0 Å². The van der Waals surface area contributed by atoms with Crippen molar-refractivity contribution in [2.45, 2.75) is 13.3 Å². The Morgan fingerprint density at radius 3 is 2.44 bits per heavy atom. The fourth-order valence-electron chi connectivity index (χ4n) is 2.12. The van der Waals surface area contributed by atoms with Crippen LogP contribution in [0.15, 0.2) is 36.4 Å². The SMILES string of the molecule is CCc1cccc2c1sc1c(Cl)cccc12. The van der Waals surface area contributed by atoms with E-state index in [4.69, 9.17) is 11.6 Å². The quantitative estimate of drug-likeness (QED) is 0.549. The van der Waals surface area contributed by atoms with Crippen molar-refractivity contribution in [2.75, 3.05) is 0 Å². The summed E-state index contributed by atoms with van der Waals surface area (Å²) in [6.45, 7) is 2.20. The van der Waals surface area contributed by atoms with Gasteiger partial charge in [-0.3, -0.25) is 0 Å². The summed E-state index contributed by atoms with van der Waals surface area (Å²) in [6, 6.07) is 12.7. The molecule has 0 unspecified atom stereocenters. The summed E-state index contributed by atoms with van der Waals surface area (Å²) >= 11 is 8.04. The van der Waals surface area contributed by atoms with Crippen molar-refractivity contribution in [3.05, 3.63) is 47.0 Å². The van der Waals surface area contributed by atoms with Crippen LogP contribution in [-0.4, -0.2) is 0 Å². The minimum Gasteiger partial charge on any atom is -0.133 e. The summed E-state index contributed by atoms with van der Waals surface area (Å²) in [6.07, 6.45) is 1.07. The largest absolute Gasteiger partial charge is 0.133 e. The van der Waals surface area contributed by atoms with E-state index in [1.54, 1.807) is 0 Å². The van der Waals surface area contributed by atoms with E-state index in [9.17, 15) is 0 Å². The molecule has 0 aliphatic heterocycles. The molecule has 2 aromatic carbocycles. The van der Waals surface area contributed by atoms with E-state index in [0.29, 0.717) is 0 Å². The Kier molecular flexibility index (Phi) is 2.38. The van der Waals surface area contributed by atoms with Crippen LogP contribution in [0.4, 0.5) is 0 Å². The van der Waals surface area contributed by atoms with Gasteiger partial charge < -0.3 is 0 Å². The maximum Gasteiger partial charge on any atom is 0.0584 e. The van der Waals surface area contributed by atoms with Gasteiger partial charge in [-0.15, -0.1) is 11.3 Å². The van der Waals surface area contributed by atoms with Crippen LogP contribution < -0.4 is 0 Å². The summed E-state index contributed by atoms with van der Waals surface area (Å²) in [5, 5.41) is 3.48. The van der Waals surface area contributed by atoms with E-state index in [1.807, 2.05) is 23.5 Å². The lowest BCUT2D eigenvalue weighted by atomic mass is 10.1. The first kappa shape index (κ1) is 10.1. The second-order valence-electron chi connectivity index (χ2n) is 3.87. The third kappa shape index (κ3) is 1.35. The molecule has 0 amide bonds. The number of hydrogen-bond donors (Lipinski definition) is 0. The average Bonchev–Trinajstić information content (AvgIpc) is 2.69. The number of hydrogen-bond acceptors (Lipinski definition) is 1. The standard InChI is InChI=1S/C14H11ClS/c1-2-9-5-3-6-10-11-7-4-8-12(15)14(11)16-13(9)10/h3-8H,2H2,1H3. The molecule has 3 rings (SSSR count). The third-order valence-electron chi connectivity index (χ3n) is 2.94. The Balaban J connectivity index is 2.55. The van der Waals surface area contributed by atoms with Crippen molar-refractivity contribution >= 4 is 43.1 Å². The van der Waals surface area contributed by atoms with Crippen molar-refractivity contribution in [1.29, 1.82) is 0 Å². The zero-order chi connectivity index (χ0) is 11.1. The first-order valence-electron chi connectivity index (χ1n) is 5.40. The molecule has 0 aliphatic carbocycles. The van der Waals surface area contributed by atoms with Gasteiger partial charge in [0, 0.05) is 15.5 Å². The van der Waals surface area contributed by atoms with Crippen molar-refractivity contribution < 1.29 is 0 Å². The predicted octanol–water partition coefficient (Wildman–Crippen LogP) is 5.27. The molecular weight excluding hydrogens is 236 g/mol. The maximum absolute atomic E-state index is 6.23. The number of aryl methyl sites for hydroxylation is 1. The first-order valence-corrected chi connectivity index (χ1v) is 6.59. The maximum atomic E-state index is 6.23. The molecule has 3 aromatic rings. The number of halogens is 1. The second kappa shape index (κ2) is 3.76. The fourth-order valence-corrected chi connectivity index (χ4v) is 3.70. The van der Waals surface area contributed by atoms with Crippen molar-refractivity contribution in [3.63, 3.8) is 0 Å². The molecular formula is C14H11ClS. The Labute approximate surface area is 103 Å². The van der Waals surface area contributed by atoms with Gasteiger partial charge in [0.2, 0.25) is 0 Å². The summed E-state index contributed by atoms with van der Waals surface area (Å²) in [7, 11) is 0. The zero-order valence-corrected chi connectivity index (χ0v) is 10.5. The molecule has 0 atom stereocenters. The Morgan fingerprint density at radius 1 is 1.00 bits per heavy atom. The molecule has 0 spiro atoms. The van der Waals surface area contributed by atoms with Gasteiger partial charge in [-0.25, -0.2) is 0 Å². The van der Waals surface area contributed by atoms with Gasteiger partial charge in [0.25, 0.3) is 0 Å². The lowest BCUT2D eigenvalue weighted by Crippen LogP contribution is -1.77. The molecule has 0 saturated carbocycles. The predicted molar refractivity (Wildman–Crippen MR) is 73.7 cm³/mol. The van der Waals surface area contributed by atoms with Gasteiger partial charge in [-0.05, 0) is 18.1 Å². The third-order valence-corrected chi connectivity index (χ3v) is 4.70. The van der Waals surface area contributed by atoms with E-state index in [2.05, 4.69) is 31.2 Å². The van der Waals surface area contributed by atoms with E-state index < -0.39 is 0 Å². The average molecular weight is 247 g/mol. The highest BCUT2D eigenvalue weighted by Gasteiger charge is 2.09. The highest BCUT2D eigenvalue weighted by molar-refractivity contribution is 7.26. The van der Waals surface area contributed by atoms with Crippen LogP contribution in [0.3, 0.4) is 0 Å². The van der Waals surface area contributed by atoms with E-state index in [1.165, 1.54) is 25.7 Å². The highest BCUT2D eigenvalue weighted by Crippen LogP contribution is 2.39. The molecule has 0 bridgehead atoms. The minimum atomic E-state index is 0.862. The lowest BCUT2D eigenvalue weighted by molar-refractivity contribution is 1.16. The van der Waals surface area contributed by atoms with Crippen LogP contribution in [-0.2, 0) is 6.42 Å². The normalized spacial score (nSPS) is 11.4. The summed E-state index contributed by atoms with van der Waals surface area (Å²) in [5.74, 6) is 0. The van der Waals surface area contributed by atoms with Crippen LogP contribution in [0.1, 0.15) is 12.5 Å². The topological polar surface area (TPSA) is 0 Å². The number of fused-ring (bicyclic) bond motifs is 3. The highest BCUT2D eigenvalue weighted by atomic mass is 35.5. The smallest absolute Gasteiger partial charge is 0.0584 e. The molecule has 0 fully saturated rings. The molecule has 1 heterocycles. The fraction of sp³-hybridized carbons (Fsp3) is 0.143. The van der Waals surface area contributed by atoms with Gasteiger partial charge in [0.1, 0.15) is 0 Å². The number of thiophene rings is 1. The Bertz CT molecular complexity index is 667. The minimum absolute atomic E-state index is 0.862. The first-order chi connectivity index (χ1) is 7.81. The summed E-state index contributed by atoms with van der Waals surface area (Å²) in [4.78, 5) is 0. The van der Waals surface area contributed by atoms with Crippen LogP contribution >= 0.6 is 22.9 Å². The second-order valence-corrected chi connectivity index (χ2v) is 5.29. The summed E-state index contributed by atoms with van der Waals surface area (Å²) in [5.41, 5.74) is 1.41.